The zero-order valence-electron chi connectivity index (χ0n) is 10.4. The Balaban J connectivity index is 2.29. The second-order valence-electron chi connectivity index (χ2n) is 4.40. The van der Waals surface area contributed by atoms with Crippen molar-refractivity contribution in [3.63, 3.8) is 0 Å². The minimum Gasteiger partial charge on any atom is -0.312 e. The monoisotopic (exact) mass is 209 g/mol. The molecule has 1 aromatic heterocycles. The average molecular weight is 209 g/mol. The number of hydrogen-bond donors (Lipinski definition) is 1. The third kappa shape index (κ3) is 3.67. The highest BCUT2D eigenvalue weighted by molar-refractivity contribution is 5.15. The minimum atomic E-state index is 0.770. The predicted molar refractivity (Wildman–Crippen MR) is 63.7 cm³/mol. The quantitative estimate of drug-likeness (QED) is 0.779. The Morgan fingerprint density at radius 2 is 2.27 bits per heavy atom. The first kappa shape index (κ1) is 12.2. The fourth-order valence-electron chi connectivity index (χ4n) is 1.77. The van der Waals surface area contributed by atoms with Crippen LogP contribution in [0.1, 0.15) is 37.9 Å². The van der Waals surface area contributed by atoms with Gasteiger partial charge in [-0.2, -0.15) is 5.10 Å². The van der Waals surface area contributed by atoms with Gasteiger partial charge in [-0.05, 0) is 25.8 Å². The van der Waals surface area contributed by atoms with Crippen LogP contribution in [0.4, 0.5) is 0 Å². The molecule has 3 heteroatoms. The molecule has 0 spiro atoms. The maximum Gasteiger partial charge on any atom is 0.0537 e. The summed E-state index contributed by atoms with van der Waals surface area (Å²) in [6.45, 7) is 8.68. The molecule has 0 amide bonds. The number of nitrogens with zero attached hydrogens (tertiary/aromatic N) is 2. The van der Waals surface area contributed by atoms with Gasteiger partial charge in [0.2, 0.25) is 0 Å². The zero-order chi connectivity index (χ0) is 11.3. The van der Waals surface area contributed by atoms with Gasteiger partial charge < -0.3 is 5.32 Å². The molecule has 0 aliphatic rings. The van der Waals surface area contributed by atoms with Gasteiger partial charge in [0.15, 0.2) is 0 Å². The summed E-state index contributed by atoms with van der Waals surface area (Å²) in [7, 11) is 1.98. The van der Waals surface area contributed by atoms with Crippen LogP contribution < -0.4 is 5.32 Å². The molecule has 86 valence electrons. The summed E-state index contributed by atoms with van der Waals surface area (Å²) in [6, 6.07) is 0. The van der Waals surface area contributed by atoms with Crippen LogP contribution in [0.25, 0.3) is 0 Å². The molecular formula is C12H23N3. The van der Waals surface area contributed by atoms with E-state index in [9.17, 15) is 0 Å². The number of aryl methyl sites for hydroxylation is 1. The number of nitrogens with one attached hydrogen (secondary N) is 1. The van der Waals surface area contributed by atoms with Gasteiger partial charge in [0.05, 0.1) is 6.20 Å². The van der Waals surface area contributed by atoms with Crippen LogP contribution in [-0.4, -0.2) is 16.3 Å². The summed E-state index contributed by atoms with van der Waals surface area (Å²) in [5, 5.41) is 7.71. The van der Waals surface area contributed by atoms with Gasteiger partial charge in [-0.1, -0.05) is 20.3 Å². The van der Waals surface area contributed by atoms with Crippen molar-refractivity contribution in [2.75, 3.05) is 6.54 Å². The van der Waals surface area contributed by atoms with E-state index in [0.717, 1.165) is 19.0 Å². The molecule has 0 aliphatic carbocycles. The van der Waals surface area contributed by atoms with E-state index in [2.05, 4.69) is 31.2 Å². The van der Waals surface area contributed by atoms with Crippen LogP contribution in [0.5, 0.6) is 0 Å². The molecule has 1 N–H and O–H groups in total. The Labute approximate surface area is 92.9 Å². The largest absolute Gasteiger partial charge is 0.312 e. The van der Waals surface area contributed by atoms with Crippen molar-refractivity contribution >= 4 is 0 Å². The molecule has 0 fully saturated rings. The fourth-order valence-corrected chi connectivity index (χ4v) is 1.77. The summed E-state index contributed by atoms with van der Waals surface area (Å²) in [5.41, 5.74) is 2.56. The van der Waals surface area contributed by atoms with Crippen LogP contribution >= 0.6 is 0 Å². The first-order valence-electron chi connectivity index (χ1n) is 5.83. The van der Waals surface area contributed by atoms with Crippen LogP contribution in [0.15, 0.2) is 6.20 Å². The Hall–Kier alpha value is -0.830. The van der Waals surface area contributed by atoms with E-state index in [1.807, 2.05) is 17.9 Å². The summed E-state index contributed by atoms with van der Waals surface area (Å²) in [5.74, 6) is 0.770. The Morgan fingerprint density at radius 1 is 1.53 bits per heavy atom. The van der Waals surface area contributed by atoms with E-state index in [-0.39, 0.29) is 0 Å². The van der Waals surface area contributed by atoms with Crippen molar-refractivity contribution in [3.8, 4) is 0 Å². The molecule has 0 bridgehead atoms. The SMILES string of the molecule is CCCC(C)CNCc1cnn(C)c1C. The highest BCUT2D eigenvalue weighted by Gasteiger charge is 2.04. The molecule has 0 saturated heterocycles. The summed E-state index contributed by atoms with van der Waals surface area (Å²) in [4.78, 5) is 0. The van der Waals surface area contributed by atoms with E-state index >= 15 is 0 Å². The van der Waals surface area contributed by atoms with Gasteiger partial charge in [-0.3, -0.25) is 4.68 Å². The van der Waals surface area contributed by atoms with E-state index in [1.54, 1.807) is 0 Å². The highest BCUT2D eigenvalue weighted by atomic mass is 15.3. The molecule has 0 aromatic carbocycles. The molecule has 1 unspecified atom stereocenters. The Morgan fingerprint density at radius 3 is 2.80 bits per heavy atom. The third-order valence-corrected chi connectivity index (χ3v) is 2.93. The molecule has 15 heavy (non-hydrogen) atoms. The lowest BCUT2D eigenvalue weighted by atomic mass is 10.1. The Bertz CT molecular complexity index is 291. The highest BCUT2D eigenvalue weighted by Crippen LogP contribution is 2.06. The number of aromatic nitrogens is 2. The van der Waals surface area contributed by atoms with Gasteiger partial charge in [-0.15, -0.1) is 0 Å². The van der Waals surface area contributed by atoms with E-state index in [4.69, 9.17) is 0 Å². The van der Waals surface area contributed by atoms with E-state index in [1.165, 1.54) is 24.1 Å². The van der Waals surface area contributed by atoms with Crippen molar-refractivity contribution in [2.45, 2.75) is 40.2 Å². The average Bonchev–Trinajstić information content (AvgIpc) is 2.50. The topological polar surface area (TPSA) is 29.9 Å². The van der Waals surface area contributed by atoms with E-state index < -0.39 is 0 Å². The van der Waals surface area contributed by atoms with Gasteiger partial charge >= 0.3 is 0 Å². The smallest absolute Gasteiger partial charge is 0.0537 e. The molecule has 1 aromatic rings. The number of rotatable bonds is 6. The first-order valence-corrected chi connectivity index (χ1v) is 5.83. The lowest BCUT2D eigenvalue weighted by Gasteiger charge is -2.10. The normalized spacial score (nSPS) is 13.1. The van der Waals surface area contributed by atoms with Crippen LogP contribution in [-0.2, 0) is 13.6 Å². The zero-order valence-corrected chi connectivity index (χ0v) is 10.4. The van der Waals surface area contributed by atoms with Crippen molar-refractivity contribution in [3.05, 3.63) is 17.5 Å². The second kappa shape index (κ2) is 5.91. The van der Waals surface area contributed by atoms with Crippen LogP contribution in [0, 0.1) is 12.8 Å². The van der Waals surface area contributed by atoms with Gasteiger partial charge in [0, 0.05) is 24.8 Å². The summed E-state index contributed by atoms with van der Waals surface area (Å²) >= 11 is 0. The van der Waals surface area contributed by atoms with Crippen molar-refractivity contribution in [1.82, 2.24) is 15.1 Å². The summed E-state index contributed by atoms with van der Waals surface area (Å²) < 4.78 is 1.92. The maximum absolute atomic E-state index is 4.23. The molecule has 1 atom stereocenters. The lowest BCUT2D eigenvalue weighted by molar-refractivity contribution is 0.475. The van der Waals surface area contributed by atoms with Crippen LogP contribution in [0.3, 0.4) is 0 Å². The first-order chi connectivity index (χ1) is 7.15. The van der Waals surface area contributed by atoms with Gasteiger partial charge in [0.25, 0.3) is 0 Å². The standard InChI is InChI=1S/C12H23N3/c1-5-6-10(2)7-13-8-12-9-14-15(4)11(12)3/h9-10,13H,5-8H2,1-4H3. The molecule has 1 rings (SSSR count). The van der Waals surface area contributed by atoms with Gasteiger partial charge in [-0.25, -0.2) is 0 Å². The van der Waals surface area contributed by atoms with Crippen molar-refractivity contribution in [1.29, 1.82) is 0 Å². The van der Waals surface area contributed by atoms with Crippen molar-refractivity contribution < 1.29 is 0 Å². The predicted octanol–water partition coefficient (Wildman–Crippen LogP) is 2.25. The fraction of sp³-hybridized carbons (Fsp3) is 0.750. The maximum atomic E-state index is 4.23. The van der Waals surface area contributed by atoms with E-state index in [0.29, 0.717) is 0 Å². The molecule has 0 saturated carbocycles. The molecule has 0 radical (unpaired) electrons. The van der Waals surface area contributed by atoms with Gasteiger partial charge in [0.1, 0.15) is 0 Å². The second-order valence-corrected chi connectivity index (χ2v) is 4.40. The van der Waals surface area contributed by atoms with Crippen molar-refractivity contribution in [2.24, 2.45) is 13.0 Å². The molecule has 3 nitrogen and oxygen atoms in total. The molecule has 0 aliphatic heterocycles. The number of hydrogen-bond acceptors (Lipinski definition) is 2. The molecule has 1 heterocycles. The Kier molecular flexibility index (Phi) is 4.82. The molecular weight excluding hydrogens is 186 g/mol. The third-order valence-electron chi connectivity index (χ3n) is 2.93. The minimum absolute atomic E-state index is 0.770. The summed E-state index contributed by atoms with van der Waals surface area (Å²) in [6.07, 6.45) is 4.53. The lowest BCUT2D eigenvalue weighted by Crippen LogP contribution is -2.20. The van der Waals surface area contributed by atoms with Crippen LogP contribution in [0.2, 0.25) is 0 Å².